The predicted octanol–water partition coefficient (Wildman–Crippen LogP) is 2.14. The van der Waals surface area contributed by atoms with Crippen molar-refractivity contribution in [2.45, 2.75) is 57.8 Å². The van der Waals surface area contributed by atoms with E-state index >= 15 is 0 Å². The number of rotatable bonds is 4. The van der Waals surface area contributed by atoms with Gasteiger partial charge in [-0.25, -0.2) is 9.82 Å². The summed E-state index contributed by atoms with van der Waals surface area (Å²) in [6.45, 7) is 8.00. The fourth-order valence-corrected chi connectivity index (χ4v) is 4.81. The summed E-state index contributed by atoms with van der Waals surface area (Å²) in [6.07, 6.45) is 3.15. The molecule has 2 N–H and O–H groups in total. The molecule has 0 spiro atoms. The lowest BCUT2D eigenvalue weighted by Gasteiger charge is -2.37. The second-order valence-corrected chi connectivity index (χ2v) is 8.84. The first-order valence-corrected chi connectivity index (χ1v) is 10.3. The maximum atomic E-state index is 13.2. The van der Waals surface area contributed by atoms with Gasteiger partial charge in [-0.1, -0.05) is 26.0 Å². The van der Waals surface area contributed by atoms with Gasteiger partial charge in [-0.05, 0) is 48.8 Å². The van der Waals surface area contributed by atoms with E-state index in [0.717, 1.165) is 44.6 Å². The lowest BCUT2D eigenvalue weighted by Crippen LogP contribution is -2.53. The highest BCUT2D eigenvalue weighted by Crippen LogP contribution is 2.30. The van der Waals surface area contributed by atoms with Gasteiger partial charge in [-0.15, -0.1) is 0 Å². The van der Waals surface area contributed by atoms with Crippen molar-refractivity contribution in [3.63, 3.8) is 0 Å². The standard InChI is InChI=1S/C21H31FN4O/c1-14(2)19-9-20(24-23-19)21(27)26-12-16-5-8-18(26)13-25(11-16)10-15-3-6-17(22)7-4-15/h3-4,6-7,14,16,18-20,23-24H,5,8-13H2,1-2H3/t16-,18+,19?,20?/m0/s1. The molecular weight excluding hydrogens is 343 g/mol. The van der Waals surface area contributed by atoms with Gasteiger partial charge in [0.05, 0.1) is 0 Å². The molecule has 5 nitrogen and oxygen atoms in total. The molecule has 2 bridgehead atoms. The summed E-state index contributed by atoms with van der Waals surface area (Å²) in [7, 11) is 0. The molecule has 4 aliphatic rings. The number of fused-ring (bicyclic) bond motifs is 4. The third-order valence-electron chi connectivity index (χ3n) is 6.43. The summed E-state index contributed by atoms with van der Waals surface area (Å²) in [5.41, 5.74) is 7.66. The van der Waals surface area contributed by atoms with Crippen LogP contribution in [-0.4, -0.2) is 53.5 Å². The van der Waals surface area contributed by atoms with E-state index in [4.69, 9.17) is 0 Å². The fourth-order valence-electron chi connectivity index (χ4n) is 4.81. The van der Waals surface area contributed by atoms with E-state index < -0.39 is 0 Å². The molecule has 148 valence electrons. The number of benzene rings is 1. The molecule has 27 heavy (non-hydrogen) atoms. The average Bonchev–Trinajstić information content (AvgIpc) is 2.99. The van der Waals surface area contributed by atoms with Gasteiger partial charge in [0.25, 0.3) is 0 Å². The van der Waals surface area contributed by atoms with Crippen LogP contribution in [0.1, 0.15) is 38.7 Å². The van der Waals surface area contributed by atoms with Gasteiger partial charge in [-0.3, -0.25) is 15.1 Å². The molecule has 1 aromatic rings. The molecule has 2 unspecified atom stereocenters. The topological polar surface area (TPSA) is 47.6 Å². The van der Waals surface area contributed by atoms with Gasteiger partial charge in [0, 0.05) is 38.3 Å². The van der Waals surface area contributed by atoms with Crippen LogP contribution >= 0.6 is 0 Å². The van der Waals surface area contributed by atoms with Crippen LogP contribution in [0.2, 0.25) is 0 Å². The zero-order valence-electron chi connectivity index (χ0n) is 16.3. The van der Waals surface area contributed by atoms with Crippen molar-refractivity contribution in [2.75, 3.05) is 19.6 Å². The van der Waals surface area contributed by atoms with E-state index in [0.29, 0.717) is 17.9 Å². The van der Waals surface area contributed by atoms with Crippen molar-refractivity contribution in [3.8, 4) is 0 Å². The minimum Gasteiger partial charge on any atom is -0.337 e. The third-order valence-corrected chi connectivity index (χ3v) is 6.43. The van der Waals surface area contributed by atoms with Crippen LogP contribution in [0.3, 0.4) is 0 Å². The Hall–Kier alpha value is -1.50. The summed E-state index contributed by atoms with van der Waals surface area (Å²) in [6, 6.07) is 7.33. The highest BCUT2D eigenvalue weighted by molar-refractivity contribution is 5.82. The van der Waals surface area contributed by atoms with Crippen molar-refractivity contribution in [1.29, 1.82) is 0 Å². The van der Waals surface area contributed by atoms with E-state index in [9.17, 15) is 9.18 Å². The fraction of sp³-hybridized carbons (Fsp3) is 0.667. The van der Waals surface area contributed by atoms with Gasteiger partial charge in [0.1, 0.15) is 11.9 Å². The Morgan fingerprint density at radius 2 is 1.93 bits per heavy atom. The summed E-state index contributed by atoms with van der Waals surface area (Å²) in [5.74, 6) is 1.11. The number of carbonyl (C=O) groups excluding carboxylic acids is 1. The number of hydrogen-bond acceptors (Lipinski definition) is 4. The lowest BCUT2D eigenvalue weighted by molar-refractivity contribution is -0.137. The predicted molar refractivity (Wildman–Crippen MR) is 103 cm³/mol. The second kappa shape index (κ2) is 7.86. The molecule has 6 heteroatoms. The number of halogens is 1. The molecule has 0 radical (unpaired) electrons. The first-order chi connectivity index (χ1) is 13.0. The van der Waals surface area contributed by atoms with E-state index in [1.54, 1.807) is 0 Å². The molecular formula is C21H31FN4O. The Balaban J connectivity index is 1.40. The van der Waals surface area contributed by atoms with Crippen molar-refractivity contribution < 1.29 is 9.18 Å². The monoisotopic (exact) mass is 374 g/mol. The smallest absolute Gasteiger partial charge is 0.241 e. The molecule has 4 atom stereocenters. The maximum Gasteiger partial charge on any atom is 0.241 e. The van der Waals surface area contributed by atoms with Crippen molar-refractivity contribution >= 4 is 5.91 Å². The molecule has 4 saturated heterocycles. The molecule has 5 rings (SSSR count). The Labute approximate surface area is 161 Å². The third kappa shape index (κ3) is 4.18. The number of nitrogens with one attached hydrogen (secondary N) is 2. The normalized spacial score (nSPS) is 31.5. The van der Waals surface area contributed by atoms with E-state index in [-0.39, 0.29) is 23.8 Å². The van der Waals surface area contributed by atoms with Gasteiger partial charge in [0.15, 0.2) is 0 Å². The van der Waals surface area contributed by atoms with Crippen LogP contribution in [0.25, 0.3) is 0 Å². The quantitative estimate of drug-likeness (QED) is 0.848. The van der Waals surface area contributed by atoms with E-state index in [1.165, 1.54) is 18.6 Å². The number of hydrazine groups is 1. The minimum atomic E-state index is -0.191. The SMILES string of the molecule is CC(C)C1CC(C(=O)N2C[C@H]3CC[C@@H]2CN(Cc2ccc(F)cc2)C3)NN1. The largest absolute Gasteiger partial charge is 0.337 e. The van der Waals surface area contributed by atoms with E-state index in [2.05, 4.69) is 34.5 Å². The summed E-state index contributed by atoms with van der Waals surface area (Å²) in [5, 5.41) is 0. The van der Waals surface area contributed by atoms with Gasteiger partial charge >= 0.3 is 0 Å². The number of amides is 1. The van der Waals surface area contributed by atoms with Gasteiger partial charge < -0.3 is 4.90 Å². The molecule has 0 saturated carbocycles. The highest BCUT2D eigenvalue weighted by atomic mass is 19.1. The molecule has 1 amide bonds. The maximum absolute atomic E-state index is 13.2. The van der Waals surface area contributed by atoms with Crippen molar-refractivity contribution in [1.82, 2.24) is 20.7 Å². The van der Waals surface area contributed by atoms with Crippen molar-refractivity contribution in [3.05, 3.63) is 35.6 Å². The van der Waals surface area contributed by atoms with Crippen LogP contribution in [0, 0.1) is 17.7 Å². The number of piperidine rings is 1. The molecule has 0 aliphatic carbocycles. The number of hydrogen-bond donors (Lipinski definition) is 2. The highest BCUT2D eigenvalue weighted by Gasteiger charge is 2.41. The van der Waals surface area contributed by atoms with Crippen LogP contribution in [0.5, 0.6) is 0 Å². The van der Waals surface area contributed by atoms with Crippen LogP contribution in [-0.2, 0) is 11.3 Å². The molecule has 0 aromatic heterocycles. The van der Waals surface area contributed by atoms with Crippen LogP contribution in [0.15, 0.2) is 24.3 Å². The average molecular weight is 375 g/mol. The second-order valence-electron chi connectivity index (χ2n) is 8.84. The first-order valence-electron chi connectivity index (χ1n) is 10.3. The molecule has 4 fully saturated rings. The molecule has 4 heterocycles. The Kier molecular flexibility index (Phi) is 5.48. The Morgan fingerprint density at radius 1 is 1.15 bits per heavy atom. The zero-order valence-corrected chi connectivity index (χ0v) is 16.3. The first kappa shape index (κ1) is 18.8. The van der Waals surface area contributed by atoms with Crippen LogP contribution < -0.4 is 10.9 Å². The van der Waals surface area contributed by atoms with E-state index in [1.807, 2.05) is 12.1 Å². The molecule has 4 aliphatic heterocycles. The summed E-state index contributed by atoms with van der Waals surface area (Å²) >= 11 is 0. The van der Waals surface area contributed by atoms with Gasteiger partial charge in [0.2, 0.25) is 5.91 Å². The number of nitrogens with zero attached hydrogens (tertiary/aromatic N) is 2. The Morgan fingerprint density at radius 3 is 2.63 bits per heavy atom. The lowest BCUT2D eigenvalue weighted by atomic mass is 9.93. The zero-order chi connectivity index (χ0) is 19.0. The van der Waals surface area contributed by atoms with Crippen LogP contribution in [0.4, 0.5) is 4.39 Å². The number of carbonyl (C=O) groups is 1. The van der Waals surface area contributed by atoms with Crippen molar-refractivity contribution in [2.24, 2.45) is 11.8 Å². The minimum absolute atomic E-state index is 0.109. The molecule has 1 aromatic carbocycles. The summed E-state index contributed by atoms with van der Waals surface area (Å²) in [4.78, 5) is 17.8. The summed E-state index contributed by atoms with van der Waals surface area (Å²) < 4.78 is 13.2. The Bertz CT molecular complexity index is 665. The van der Waals surface area contributed by atoms with Gasteiger partial charge in [-0.2, -0.15) is 0 Å².